The van der Waals surface area contributed by atoms with Crippen LogP contribution in [0.3, 0.4) is 0 Å². The second kappa shape index (κ2) is 9.56. The molecule has 1 aromatic rings. The summed E-state index contributed by atoms with van der Waals surface area (Å²) in [6, 6.07) is 4.64. The van der Waals surface area contributed by atoms with E-state index in [4.69, 9.17) is 4.74 Å². The standard InChI is InChI=1S/C18H21FN2O4/c19-15-9-5-4-8-14(15)17(23)25-12-16(22)21-18(24)20-11-10-13-6-2-1-3-7-13/h4-6,8-9H,1-3,7,10-12H2,(H2,20,21,22,24). The fourth-order valence-electron chi connectivity index (χ4n) is 2.51. The van der Waals surface area contributed by atoms with Crippen molar-refractivity contribution in [2.75, 3.05) is 13.2 Å². The van der Waals surface area contributed by atoms with Crippen molar-refractivity contribution in [1.29, 1.82) is 0 Å². The fraction of sp³-hybridized carbons (Fsp3) is 0.389. The van der Waals surface area contributed by atoms with Crippen molar-refractivity contribution < 1.29 is 23.5 Å². The summed E-state index contributed by atoms with van der Waals surface area (Å²) in [7, 11) is 0. The third-order valence-corrected chi connectivity index (χ3v) is 3.80. The molecule has 0 aromatic heterocycles. The molecule has 0 saturated heterocycles. The Morgan fingerprint density at radius 1 is 1.16 bits per heavy atom. The molecule has 0 unspecified atom stereocenters. The van der Waals surface area contributed by atoms with Gasteiger partial charge in [-0.3, -0.25) is 10.1 Å². The maximum atomic E-state index is 13.4. The second-order valence-electron chi connectivity index (χ2n) is 5.72. The Bertz CT molecular complexity index is 673. The molecular weight excluding hydrogens is 327 g/mol. The summed E-state index contributed by atoms with van der Waals surface area (Å²) >= 11 is 0. The van der Waals surface area contributed by atoms with Crippen molar-refractivity contribution >= 4 is 17.9 Å². The average Bonchev–Trinajstić information content (AvgIpc) is 2.61. The first-order valence-corrected chi connectivity index (χ1v) is 8.23. The Labute approximate surface area is 145 Å². The molecule has 0 radical (unpaired) electrons. The molecule has 2 N–H and O–H groups in total. The summed E-state index contributed by atoms with van der Waals surface area (Å²) in [5.41, 5.74) is 1.05. The molecule has 0 bridgehead atoms. The molecule has 0 heterocycles. The van der Waals surface area contributed by atoms with Crippen LogP contribution in [-0.2, 0) is 9.53 Å². The van der Waals surface area contributed by atoms with Crippen molar-refractivity contribution in [2.45, 2.75) is 32.1 Å². The zero-order valence-corrected chi connectivity index (χ0v) is 13.8. The topological polar surface area (TPSA) is 84.5 Å². The molecule has 0 spiro atoms. The highest BCUT2D eigenvalue weighted by Crippen LogP contribution is 2.19. The molecule has 0 saturated carbocycles. The minimum atomic E-state index is -0.960. The Balaban J connectivity index is 1.65. The Morgan fingerprint density at radius 2 is 1.96 bits per heavy atom. The predicted molar refractivity (Wildman–Crippen MR) is 89.4 cm³/mol. The average molecular weight is 348 g/mol. The van der Waals surface area contributed by atoms with Crippen LogP contribution in [0.4, 0.5) is 9.18 Å². The van der Waals surface area contributed by atoms with Crippen LogP contribution in [0.5, 0.6) is 0 Å². The van der Waals surface area contributed by atoms with Crippen LogP contribution in [-0.4, -0.2) is 31.1 Å². The smallest absolute Gasteiger partial charge is 0.341 e. The zero-order chi connectivity index (χ0) is 18.1. The molecule has 0 atom stereocenters. The maximum Gasteiger partial charge on any atom is 0.341 e. The number of allylic oxidation sites excluding steroid dienone is 1. The molecule has 3 amide bonds. The van der Waals surface area contributed by atoms with Gasteiger partial charge >= 0.3 is 12.0 Å². The minimum Gasteiger partial charge on any atom is -0.452 e. The number of imide groups is 1. The summed E-state index contributed by atoms with van der Waals surface area (Å²) in [6.45, 7) is -0.230. The van der Waals surface area contributed by atoms with Gasteiger partial charge in [-0.25, -0.2) is 14.0 Å². The largest absolute Gasteiger partial charge is 0.452 e. The Kier molecular flexibility index (Phi) is 7.13. The molecule has 2 rings (SSSR count). The third kappa shape index (κ3) is 6.37. The van der Waals surface area contributed by atoms with E-state index in [9.17, 15) is 18.8 Å². The highest BCUT2D eigenvalue weighted by Gasteiger charge is 2.15. The molecule has 0 fully saturated rings. The van der Waals surface area contributed by atoms with Gasteiger partial charge in [0.05, 0.1) is 5.56 Å². The van der Waals surface area contributed by atoms with E-state index in [2.05, 4.69) is 16.7 Å². The molecule has 1 aliphatic rings. The van der Waals surface area contributed by atoms with E-state index in [1.807, 2.05) is 0 Å². The van der Waals surface area contributed by atoms with Gasteiger partial charge in [-0.2, -0.15) is 0 Å². The van der Waals surface area contributed by atoms with Gasteiger partial charge in [0, 0.05) is 6.54 Å². The number of amides is 3. The second-order valence-corrected chi connectivity index (χ2v) is 5.72. The summed E-state index contributed by atoms with van der Waals surface area (Å²) in [6.07, 6.45) is 7.45. The van der Waals surface area contributed by atoms with Crippen LogP contribution in [0.2, 0.25) is 0 Å². The van der Waals surface area contributed by atoms with Crippen LogP contribution < -0.4 is 10.6 Å². The van der Waals surface area contributed by atoms with Gasteiger partial charge in [0.2, 0.25) is 0 Å². The van der Waals surface area contributed by atoms with E-state index in [0.717, 1.165) is 25.3 Å². The lowest BCUT2D eigenvalue weighted by Crippen LogP contribution is -2.41. The van der Waals surface area contributed by atoms with E-state index in [1.165, 1.54) is 36.6 Å². The van der Waals surface area contributed by atoms with Crippen molar-refractivity contribution in [3.8, 4) is 0 Å². The normalized spacial score (nSPS) is 13.6. The molecule has 134 valence electrons. The monoisotopic (exact) mass is 348 g/mol. The van der Waals surface area contributed by atoms with Gasteiger partial charge in [-0.05, 0) is 44.2 Å². The molecular formula is C18H21FN2O4. The van der Waals surface area contributed by atoms with Crippen LogP contribution in [0.25, 0.3) is 0 Å². The highest BCUT2D eigenvalue weighted by molar-refractivity contribution is 5.97. The first-order valence-electron chi connectivity index (χ1n) is 8.23. The maximum absolute atomic E-state index is 13.4. The van der Waals surface area contributed by atoms with E-state index in [1.54, 1.807) is 0 Å². The van der Waals surface area contributed by atoms with Crippen molar-refractivity contribution in [2.24, 2.45) is 0 Å². The lowest BCUT2D eigenvalue weighted by Gasteiger charge is -2.13. The molecule has 25 heavy (non-hydrogen) atoms. The number of hydrogen-bond donors (Lipinski definition) is 2. The van der Waals surface area contributed by atoms with Crippen molar-refractivity contribution in [3.05, 3.63) is 47.3 Å². The van der Waals surface area contributed by atoms with Crippen molar-refractivity contribution in [3.63, 3.8) is 0 Å². The van der Waals surface area contributed by atoms with E-state index < -0.39 is 30.3 Å². The number of nitrogens with one attached hydrogen (secondary N) is 2. The van der Waals surface area contributed by atoms with Gasteiger partial charge in [0.15, 0.2) is 6.61 Å². The van der Waals surface area contributed by atoms with Crippen LogP contribution >= 0.6 is 0 Å². The van der Waals surface area contributed by atoms with E-state index in [-0.39, 0.29) is 5.56 Å². The SMILES string of the molecule is O=C(COC(=O)c1ccccc1F)NC(=O)NCCC1=CCCCC1. The number of ether oxygens (including phenoxy) is 1. The van der Waals surface area contributed by atoms with Gasteiger partial charge in [0.1, 0.15) is 5.82 Å². The molecule has 1 aromatic carbocycles. The lowest BCUT2D eigenvalue weighted by atomic mass is 9.97. The zero-order valence-electron chi connectivity index (χ0n) is 13.8. The number of carbonyl (C=O) groups excluding carboxylic acids is 3. The van der Waals surface area contributed by atoms with Gasteiger partial charge < -0.3 is 10.1 Å². The van der Waals surface area contributed by atoms with E-state index >= 15 is 0 Å². The van der Waals surface area contributed by atoms with Crippen molar-refractivity contribution in [1.82, 2.24) is 10.6 Å². The molecule has 0 aliphatic heterocycles. The highest BCUT2D eigenvalue weighted by atomic mass is 19.1. The summed E-state index contributed by atoms with van der Waals surface area (Å²) < 4.78 is 18.1. The van der Waals surface area contributed by atoms with Crippen LogP contribution in [0.15, 0.2) is 35.9 Å². The molecule has 7 heteroatoms. The summed E-state index contributed by atoms with van der Waals surface area (Å²) in [4.78, 5) is 34.8. The number of rotatable bonds is 6. The lowest BCUT2D eigenvalue weighted by molar-refractivity contribution is -0.123. The first-order chi connectivity index (χ1) is 12.1. The summed E-state index contributed by atoms with van der Waals surface area (Å²) in [5.74, 6) is -2.47. The van der Waals surface area contributed by atoms with E-state index in [0.29, 0.717) is 6.54 Å². The van der Waals surface area contributed by atoms with Crippen LogP contribution in [0, 0.1) is 5.82 Å². The number of esters is 1. The minimum absolute atomic E-state index is 0.263. The van der Waals surface area contributed by atoms with Gasteiger partial charge in [-0.15, -0.1) is 0 Å². The van der Waals surface area contributed by atoms with Gasteiger partial charge in [-0.1, -0.05) is 23.8 Å². The Morgan fingerprint density at radius 3 is 2.68 bits per heavy atom. The quantitative estimate of drug-likeness (QED) is 0.611. The first kappa shape index (κ1) is 18.6. The number of urea groups is 1. The molecule has 6 nitrogen and oxygen atoms in total. The third-order valence-electron chi connectivity index (χ3n) is 3.80. The van der Waals surface area contributed by atoms with Crippen LogP contribution in [0.1, 0.15) is 42.5 Å². The number of hydrogen-bond acceptors (Lipinski definition) is 4. The Hall–Kier alpha value is -2.70. The number of halogens is 1. The number of benzene rings is 1. The predicted octanol–water partition coefficient (Wildman–Crippen LogP) is 2.70. The van der Waals surface area contributed by atoms with Gasteiger partial charge in [0.25, 0.3) is 5.91 Å². The molecule has 1 aliphatic carbocycles. The number of carbonyl (C=O) groups is 3. The summed E-state index contributed by atoms with van der Waals surface area (Å²) in [5, 5.41) is 4.64. The fourth-order valence-corrected chi connectivity index (χ4v) is 2.51.